The minimum atomic E-state index is -1.83. The first-order valence-corrected chi connectivity index (χ1v) is 10.5. The van der Waals surface area contributed by atoms with Crippen molar-refractivity contribution in [3.05, 3.63) is 106 Å². The van der Waals surface area contributed by atoms with Gasteiger partial charge in [-0.2, -0.15) is 0 Å². The van der Waals surface area contributed by atoms with Crippen molar-refractivity contribution in [2.45, 2.75) is 0 Å². The van der Waals surface area contributed by atoms with Crippen LogP contribution >= 0.6 is 0 Å². The van der Waals surface area contributed by atoms with Crippen LogP contribution in [-0.4, -0.2) is 23.6 Å². The molecule has 0 spiro atoms. The lowest BCUT2D eigenvalue weighted by Gasteiger charge is -2.33. The molecule has 4 amide bonds. The maximum absolute atomic E-state index is 15.4. The van der Waals surface area contributed by atoms with Crippen LogP contribution in [0.5, 0.6) is 0 Å². The minimum absolute atomic E-state index is 0.103. The Labute approximate surface area is 199 Å². The average Bonchev–Trinajstić information content (AvgIpc) is 2.87. The molecule has 0 bridgehead atoms. The number of para-hydroxylation sites is 2. The van der Waals surface area contributed by atoms with E-state index in [0.717, 1.165) is 0 Å². The number of anilines is 2. The van der Waals surface area contributed by atoms with Gasteiger partial charge in [-0.05, 0) is 24.3 Å². The third kappa shape index (κ3) is 2.55. The van der Waals surface area contributed by atoms with Crippen molar-refractivity contribution in [2.75, 3.05) is 9.80 Å². The van der Waals surface area contributed by atoms with E-state index in [0.29, 0.717) is 9.80 Å². The van der Waals surface area contributed by atoms with E-state index < -0.39 is 79.9 Å². The summed E-state index contributed by atoms with van der Waals surface area (Å²) in [5, 5.41) is -1.65. The Morgan fingerprint density at radius 3 is 0.917 bits per heavy atom. The molecule has 36 heavy (non-hydrogen) atoms. The van der Waals surface area contributed by atoms with Crippen LogP contribution in [0.25, 0.3) is 10.8 Å². The van der Waals surface area contributed by atoms with Gasteiger partial charge in [-0.15, -0.1) is 0 Å². The second-order valence-corrected chi connectivity index (χ2v) is 8.07. The summed E-state index contributed by atoms with van der Waals surface area (Å²) in [7, 11) is 0. The van der Waals surface area contributed by atoms with Crippen LogP contribution in [0.1, 0.15) is 41.4 Å². The first kappa shape index (κ1) is 21.7. The molecule has 176 valence electrons. The standard InChI is InChI=1S/C26H10F4N2O4/c27-19-15-13-14-17(21(19)29)25(35)32(12-9-5-2-6-10-12)26(36)18(14)22(30)20(28)16(13)24(34)31(23(15)33)11-7-3-1-4-8-11/h1-10H. The van der Waals surface area contributed by atoms with Crippen LogP contribution < -0.4 is 9.80 Å². The van der Waals surface area contributed by atoms with E-state index in [-0.39, 0.29) is 11.4 Å². The van der Waals surface area contributed by atoms with Crippen LogP contribution in [0.2, 0.25) is 0 Å². The van der Waals surface area contributed by atoms with Crippen molar-refractivity contribution < 1.29 is 36.7 Å². The molecule has 4 aromatic carbocycles. The van der Waals surface area contributed by atoms with Gasteiger partial charge in [-0.1, -0.05) is 36.4 Å². The molecule has 0 saturated heterocycles. The quantitative estimate of drug-likeness (QED) is 0.293. The second-order valence-electron chi connectivity index (χ2n) is 8.07. The number of amides is 4. The lowest BCUT2D eigenvalue weighted by Crippen LogP contribution is -2.46. The fraction of sp³-hybridized carbons (Fsp3) is 0. The summed E-state index contributed by atoms with van der Waals surface area (Å²) < 4.78 is 61.8. The zero-order chi connectivity index (χ0) is 25.5. The summed E-state index contributed by atoms with van der Waals surface area (Å²) in [6.07, 6.45) is 0. The number of hydrogen-bond donors (Lipinski definition) is 0. The van der Waals surface area contributed by atoms with E-state index in [1.54, 1.807) is 12.1 Å². The topological polar surface area (TPSA) is 74.8 Å². The largest absolute Gasteiger partial charge is 0.269 e. The Kier molecular flexibility index (Phi) is 4.40. The first-order valence-electron chi connectivity index (χ1n) is 10.5. The maximum atomic E-state index is 15.4. The highest BCUT2D eigenvalue weighted by atomic mass is 19.2. The SMILES string of the molecule is O=C1c2c(F)c(F)c3c4c(c(F)c(F)c(c24)C(=O)N1c1ccccc1)C(=O)N(c1ccccc1)C3=O. The highest BCUT2D eigenvalue weighted by molar-refractivity contribution is 6.42. The molecule has 6 rings (SSSR count). The van der Waals surface area contributed by atoms with Crippen LogP contribution in [-0.2, 0) is 0 Å². The molecular weight excluding hydrogens is 480 g/mol. The number of benzene rings is 4. The molecule has 0 unspecified atom stereocenters. The molecule has 0 fully saturated rings. The Morgan fingerprint density at radius 1 is 0.417 bits per heavy atom. The van der Waals surface area contributed by atoms with Crippen molar-refractivity contribution in [3.8, 4) is 0 Å². The number of hydrogen-bond acceptors (Lipinski definition) is 4. The maximum Gasteiger partial charge on any atom is 0.269 e. The summed E-state index contributed by atoms with van der Waals surface area (Å²) in [6.45, 7) is 0. The number of carbonyl (C=O) groups excluding carboxylic acids is 4. The summed E-state index contributed by atoms with van der Waals surface area (Å²) in [4.78, 5) is 53.8. The van der Waals surface area contributed by atoms with Crippen molar-refractivity contribution in [3.63, 3.8) is 0 Å². The highest BCUT2D eigenvalue weighted by Gasteiger charge is 2.48. The number of rotatable bonds is 2. The smallest absolute Gasteiger partial charge is 0.268 e. The molecule has 2 aliphatic rings. The predicted molar refractivity (Wildman–Crippen MR) is 119 cm³/mol. The van der Waals surface area contributed by atoms with Gasteiger partial charge in [0.2, 0.25) is 0 Å². The van der Waals surface area contributed by atoms with Gasteiger partial charge in [0, 0.05) is 10.8 Å². The van der Waals surface area contributed by atoms with E-state index in [9.17, 15) is 19.2 Å². The van der Waals surface area contributed by atoms with E-state index in [1.165, 1.54) is 48.5 Å². The number of halogens is 4. The fourth-order valence-electron chi connectivity index (χ4n) is 4.69. The van der Waals surface area contributed by atoms with Crippen molar-refractivity contribution in [1.82, 2.24) is 0 Å². The Bertz CT molecular complexity index is 1500. The van der Waals surface area contributed by atoms with Gasteiger partial charge in [0.25, 0.3) is 23.6 Å². The van der Waals surface area contributed by atoms with Crippen LogP contribution in [0.15, 0.2) is 60.7 Å². The summed E-state index contributed by atoms with van der Waals surface area (Å²) >= 11 is 0. The highest BCUT2D eigenvalue weighted by Crippen LogP contribution is 2.44. The van der Waals surface area contributed by atoms with Crippen molar-refractivity contribution in [2.24, 2.45) is 0 Å². The van der Waals surface area contributed by atoms with Gasteiger partial charge in [0.1, 0.15) is 0 Å². The molecule has 0 aromatic heterocycles. The Balaban J connectivity index is 1.75. The van der Waals surface area contributed by atoms with E-state index in [2.05, 4.69) is 0 Å². The average molecular weight is 490 g/mol. The molecule has 0 saturated carbocycles. The van der Waals surface area contributed by atoms with Crippen molar-refractivity contribution >= 4 is 45.8 Å². The van der Waals surface area contributed by atoms with E-state index >= 15 is 17.6 Å². The van der Waals surface area contributed by atoms with Crippen LogP contribution in [0.4, 0.5) is 28.9 Å². The molecule has 10 heteroatoms. The number of carbonyl (C=O) groups is 4. The van der Waals surface area contributed by atoms with Gasteiger partial charge >= 0.3 is 0 Å². The third-order valence-electron chi connectivity index (χ3n) is 6.21. The van der Waals surface area contributed by atoms with E-state index in [1.807, 2.05) is 0 Å². The van der Waals surface area contributed by atoms with Crippen LogP contribution in [0, 0.1) is 23.3 Å². The zero-order valence-corrected chi connectivity index (χ0v) is 17.8. The predicted octanol–water partition coefficient (Wildman–Crippen LogP) is 5.00. The second kappa shape index (κ2) is 7.32. The third-order valence-corrected chi connectivity index (χ3v) is 6.21. The van der Waals surface area contributed by atoms with Gasteiger partial charge < -0.3 is 0 Å². The molecule has 2 heterocycles. The number of nitrogens with zero attached hydrogens (tertiary/aromatic N) is 2. The molecular formula is C26H10F4N2O4. The normalized spacial score (nSPS) is 14.8. The Morgan fingerprint density at radius 2 is 0.667 bits per heavy atom. The van der Waals surface area contributed by atoms with Gasteiger partial charge in [-0.3, -0.25) is 19.2 Å². The number of imide groups is 2. The molecule has 0 N–H and O–H groups in total. The Hall–Kier alpha value is -4.86. The first-order chi connectivity index (χ1) is 17.3. The summed E-state index contributed by atoms with van der Waals surface area (Å²) in [6, 6.07) is 14.0. The summed E-state index contributed by atoms with van der Waals surface area (Å²) in [5.74, 6) is -12.7. The fourth-order valence-corrected chi connectivity index (χ4v) is 4.69. The zero-order valence-electron chi connectivity index (χ0n) is 17.8. The monoisotopic (exact) mass is 490 g/mol. The molecule has 0 atom stereocenters. The van der Waals surface area contributed by atoms with E-state index in [4.69, 9.17) is 0 Å². The minimum Gasteiger partial charge on any atom is -0.268 e. The molecule has 0 radical (unpaired) electrons. The lowest BCUT2D eigenvalue weighted by molar-refractivity contribution is 0.0863. The lowest BCUT2D eigenvalue weighted by atomic mass is 9.84. The molecule has 4 aromatic rings. The molecule has 2 aliphatic heterocycles. The van der Waals surface area contributed by atoms with Gasteiger partial charge in [0.05, 0.1) is 33.6 Å². The van der Waals surface area contributed by atoms with Gasteiger partial charge in [0.15, 0.2) is 23.3 Å². The molecule has 0 aliphatic carbocycles. The van der Waals surface area contributed by atoms with Crippen LogP contribution in [0.3, 0.4) is 0 Å². The summed E-state index contributed by atoms with van der Waals surface area (Å²) in [5.41, 5.74) is -4.54. The molecule has 6 nitrogen and oxygen atoms in total. The van der Waals surface area contributed by atoms with Crippen molar-refractivity contribution in [1.29, 1.82) is 0 Å². The van der Waals surface area contributed by atoms with Gasteiger partial charge in [-0.25, -0.2) is 27.4 Å².